The number of aryl methyl sites for hydroxylation is 1. The highest BCUT2D eigenvalue weighted by Crippen LogP contribution is 2.01. The SMILES string of the molecule is CCN(CCCO)Cc1ncnn1CC. The van der Waals surface area contributed by atoms with Crippen molar-refractivity contribution in [1.82, 2.24) is 19.7 Å². The summed E-state index contributed by atoms with van der Waals surface area (Å²) in [6.07, 6.45) is 2.41. The van der Waals surface area contributed by atoms with E-state index in [1.165, 1.54) is 0 Å². The Labute approximate surface area is 90.7 Å². The van der Waals surface area contributed by atoms with E-state index in [4.69, 9.17) is 5.11 Å². The molecule has 0 amide bonds. The summed E-state index contributed by atoms with van der Waals surface area (Å²) in [5.41, 5.74) is 0. The molecule has 0 spiro atoms. The van der Waals surface area contributed by atoms with Gasteiger partial charge in [-0.2, -0.15) is 5.10 Å². The van der Waals surface area contributed by atoms with Crippen molar-refractivity contribution in [2.75, 3.05) is 19.7 Å². The Bertz CT molecular complexity index is 274. The van der Waals surface area contributed by atoms with Crippen molar-refractivity contribution in [3.63, 3.8) is 0 Å². The van der Waals surface area contributed by atoms with Crippen LogP contribution in [0.5, 0.6) is 0 Å². The fourth-order valence-electron chi connectivity index (χ4n) is 1.52. The molecule has 1 aromatic heterocycles. The molecule has 0 saturated heterocycles. The van der Waals surface area contributed by atoms with Crippen LogP contribution < -0.4 is 0 Å². The molecule has 1 rings (SSSR count). The third kappa shape index (κ3) is 3.60. The molecule has 0 bridgehead atoms. The highest BCUT2D eigenvalue weighted by molar-refractivity contribution is 4.84. The van der Waals surface area contributed by atoms with Crippen LogP contribution in [0.25, 0.3) is 0 Å². The molecule has 0 aromatic carbocycles. The molecule has 5 nitrogen and oxygen atoms in total. The molecule has 0 unspecified atom stereocenters. The number of aliphatic hydroxyl groups is 1. The van der Waals surface area contributed by atoms with E-state index in [1.807, 2.05) is 4.68 Å². The number of aliphatic hydroxyl groups excluding tert-OH is 1. The van der Waals surface area contributed by atoms with Gasteiger partial charge in [-0.1, -0.05) is 6.92 Å². The van der Waals surface area contributed by atoms with Gasteiger partial charge in [0, 0.05) is 19.7 Å². The van der Waals surface area contributed by atoms with Crippen LogP contribution in [0.15, 0.2) is 6.33 Å². The summed E-state index contributed by atoms with van der Waals surface area (Å²) in [5, 5.41) is 12.9. The summed E-state index contributed by atoms with van der Waals surface area (Å²) in [6, 6.07) is 0. The molecule has 0 aliphatic rings. The first-order chi connectivity index (χ1) is 7.31. The number of aromatic nitrogens is 3. The summed E-state index contributed by atoms with van der Waals surface area (Å²) in [5.74, 6) is 0.997. The number of nitrogens with zero attached hydrogens (tertiary/aromatic N) is 4. The second kappa shape index (κ2) is 6.53. The first-order valence-corrected chi connectivity index (χ1v) is 5.51. The van der Waals surface area contributed by atoms with E-state index in [1.54, 1.807) is 6.33 Å². The number of hydrogen-bond donors (Lipinski definition) is 1. The molecule has 15 heavy (non-hydrogen) atoms. The monoisotopic (exact) mass is 212 g/mol. The van der Waals surface area contributed by atoms with Crippen molar-refractivity contribution < 1.29 is 5.11 Å². The van der Waals surface area contributed by atoms with Crippen LogP contribution in [-0.2, 0) is 13.1 Å². The van der Waals surface area contributed by atoms with Gasteiger partial charge in [0.25, 0.3) is 0 Å². The summed E-state index contributed by atoms with van der Waals surface area (Å²) in [4.78, 5) is 6.49. The molecule has 1 heterocycles. The van der Waals surface area contributed by atoms with Crippen LogP contribution in [0, 0.1) is 0 Å². The zero-order chi connectivity index (χ0) is 11.1. The zero-order valence-corrected chi connectivity index (χ0v) is 9.56. The van der Waals surface area contributed by atoms with Gasteiger partial charge in [-0.15, -0.1) is 0 Å². The van der Waals surface area contributed by atoms with Crippen LogP contribution in [0.3, 0.4) is 0 Å². The van der Waals surface area contributed by atoms with Gasteiger partial charge >= 0.3 is 0 Å². The van der Waals surface area contributed by atoms with Gasteiger partial charge in [0.1, 0.15) is 12.2 Å². The minimum Gasteiger partial charge on any atom is -0.396 e. The molecular weight excluding hydrogens is 192 g/mol. The maximum Gasteiger partial charge on any atom is 0.140 e. The van der Waals surface area contributed by atoms with E-state index >= 15 is 0 Å². The Hall–Kier alpha value is -0.940. The van der Waals surface area contributed by atoms with Gasteiger partial charge in [0.05, 0.1) is 6.54 Å². The standard InChI is InChI=1S/C10H20N4O/c1-3-13(6-5-7-15)8-10-11-9-12-14(10)4-2/h9,15H,3-8H2,1-2H3. The second-order valence-electron chi connectivity index (χ2n) is 3.44. The highest BCUT2D eigenvalue weighted by atomic mass is 16.3. The van der Waals surface area contributed by atoms with E-state index in [2.05, 4.69) is 28.8 Å². The quantitative estimate of drug-likeness (QED) is 0.715. The summed E-state index contributed by atoms with van der Waals surface area (Å²) < 4.78 is 1.90. The topological polar surface area (TPSA) is 54.2 Å². The fraction of sp³-hybridized carbons (Fsp3) is 0.800. The van der Waals surface area contributed by atoms with Gasteiger partial charge < -0.3 is 5.11 Å². The molecule has 0 radical (unpaired) electrons. The van der Waals surface area contributed by atoms with Crippen LogP contribution in [0.1, 0.15) is 26.1 Å². The maximum atomic E-state index is 8.78. The lowest BCUT2D eigenvalue weighted by Gasteiger charge is -2.19. The van der Waals surface area contributed by atoms with E-state index in [-0.39, 0.29) is 6.61 Å². The third-order valence-corrected chi connectivity index (χ3v) is 2.44. The second-order valence-corrected chi connectivity index (χ2v) is 3.44. The molecule has 86 valence electrons. The van der Waals surface area contributed by atoms with Crippen LogP contribution >= 0.6 is 0 Å². The third-order valence-electron chi connectivity index (χ3n) is 2.44. The van der Waals surface area contributed by atoms with Crippen molar-refractivity contribution in [3.8, 4) is 0 Å². The van der Waals surface area contributed by atoms with Gasteiger partial charge in [0.15, 0.2) is 0 Å². The van der Waals surface area contributed by atoms with E-state index in [0.717, 1.165) is 38.4 Å². The van der Waals surface area contributed by atoms with Gasteiger partial charge in [-0.05, 0) is 19.9 Å². The summed E-state index contributed by atoms with van der Waals surface area (Å²) in [6.45, 7) is 7.96. The average Bonchev–Trinajstić information content (AvgIpc) is 2.71. The molecule has 0 fully saturated rings. The zero-order valence-electron chi connectivity index (χ0n) is 9.56. The van der Waals surface area contributed by atoms with E-state index in [0.29, 0.717) is 0 Å². The predicted octanol–water partition coefficient (Wildman–Crippen LogP) is 0.502. The van der Waals surface area contributed by atoms with Crippen molar-refractivity contribution in [1.29, 1.82) is 0 Å². The van der Waals surface area contributed by atoms with E-state index in [9.17, 15) is 0 Å². The van der Waals surface area contributed by atoms with Crippen molar-refractivity contribution >= 4 is 0 Å². The summed E-state index contributed by atoms with van der Waals surface area (Å²) in [7, 11) is 0. The smallest absolute Gasteiger partial charge is 0.140 e. The lowest BCUT2D eigenvalue weighted by atomic mass is 10.3. The van der Waals surface area contributed by atoms with Gasteiger partial charge in [-0.25, -0.2) is 9.67 Å². The fourth-order valence-corrected chi connectivity index (χ4v) is 1.52. The predicted molar refractivity (Wildman–Crippen MR) is 58.3 cm³/mol. The number of rotatable bonds is 7. The molecule has 0 atom stereocenters. The molecular formula is C10H20N4O. The van der Waals surface area contributed by atoms with Crippen LogP contribution in [0.4, 0.5) is 0 Å². The Balaban J connectivity index is 2.50. The van der Waals surface area contributed by atoms with Crippen molar-refractivity contribution in [2.45, 2.75) is 33.4 Å². The molecule has 1 N–H and O–H groups in total. The Morgan fingerprint density at radius 1 is 1.47 bits per heavy atom. The van der Waals surface area contributed by atoms with E-state index < -0.39 is 0 Å². The maximum absolute atomic E-state index is 8.78. The normalized spacial score (nSPS) is 11.2. The van der Waals surface area contributed by atoms with Gasteiger partial charge in [-0.3, -0.25) is 4.90 Å². The van der Waals surface area contributed by atoms with Crippen molar-refractivity contribution in [3.05, 3.63) is 12.2 Å². The highest BCUT2D eigenvalue weighted by Gasteiger charge is 2.08. The first-order valence-electron chi connectivity index (χ1n) is 5.51. The van der Waals surface area contributed by atoms with Crippen molar-refractivity contribution in [2.24, 2.45) is 0 Å². The summed E-state index contributed by atoms with van der Waals surface area (Å²) >= 11 is 0. The molecule has 5 heteroatoms. The largest absolute Gasteiger partial charge is 0.396 e. The Morgan fingerprint density at radius 2 is 2.27 bits per heavy atom. The first kappa shape index (κ1) is 12.1. The Kier molecular flexibility index (Phi) is 5.28. The average molecular weight is 212 g/mol. The Morgan fingerprint density at radius 3 is 2.87 bits per heavy atom. The lowest BCUT2D eigenvalue weighted by Crippen LogP contribution is -2.26. The lowest BCUT2D eigenvalue weighted by molar-refractivity contribution is 0.220. The van der Waals surface area contributed by atoms with Gasteiger partial charge in [0.2, 0.25) is 0 Å². The molecule has 1 aromatic rings. The van der Waals surface area contributed by atoms with Crippen LogP contribution in [-0.4, -0.2) is 44.5 Å². The molecule has 0 aliphatic heterocycles. The minimum atomic E-state index is 0.247. The molecule has 0 saturated carbocycles. The van der Waals surface area contributed by atoms with Crippen LogP contribution in [0.2, 0.25) is 0 Å². The molecule has 0 aliphatic carbocycles. The minimum absolute atomic E-state index is 0.247. The number of hydrogen-bond acceptors (Lipinski definition) is 4.